The molecule has 25 heavy (non-hydrogen) atoms. The van der Waals surface area contributed by atoms with Crippen LogP contribution in [-0.2, 0) is 12.3 Å². The molecule has 128 valence electrons. The fourth-order valence-electron chi connectivity index (χ4n) is 2.54. The van der Waals surface area contributed by atoms with Crippen molar-refractivity contribution in [3.05, 3.63) is 83.2 Å². The van der Waals surface area contributed by atoms with Crippen LogP contribution in [0.1, 0.15) is 27.4 Å². The van der Waals surface area contributed by atoms with Crippen LogP contribution in [0.5, 0.6) is 0 Å². The Morgan fingerprint density at radius 2 is 1.84 bits per heavy atom. The van der Waals surface area contributed by atoms with E-state index in [9.17, 15) is 4.79 Å². The van der Waals surface area contributed by atoms with Crippen molar-refractivity contribution in [3.63, 3.8) is 0 Å². The van der Waals surface area contributed by atoms with E-state index in [1.807, 2.05) is 74.6 Å². The number of rotatable bonds is 6. The molecule has 0 unspecified atom stereocenters. The lowest BCUT2D eigenvalue weighted by Gasteiger charge is -2.19. The summed E-state index contributed by atoms with van der Waals surface area (Å²) < 4.78 is 5.25. The van der Waals surface area contributed by atoms with Crippen LogP contribution >= 0.6 is 11.8 Å². The lowest BCUT2D eigenvalue weighted by Crippen LogP contribution is -2.26. The van der Waals surface area contributed by atoms with Crippen molar-refractivity contribution in [2.24, 2.45) is 0 Å². The summed E-state index contributed by atoms with van der Waals surface area (Å²) in [6.45, 7) is 2.48. The lowest BCUT2D eigenvalue weighted by atomic mass is 10.1. The SMILES string of the molecule is Cc1cc(CSc2ccccc2C(=O)N(C)Cc2ccccc2)on1. The number of amides is 1. The highest BCUT2D eigenvalue weighted by atomic mass is 32.2. The number of thioether (sulfide) groups is 1. The zero-order chi connectivity index (χ0) is 17.6. The molecule has 0 saturated heterocycles. The second kappa shape index (κ2) is 8.03. The van der Waals surface area contributed by atoms with Crippen LogP contribution in [0.4, 0.5) is 0 Å². The van der Waals surface area contributed by atoms with Gasteiger partial charge in [-0.3, -0.25) is 4.79 Å². The Bertz CT molecular complexity index is 846. The van der Waals surface area contributed by atoms with Gasteiger partial charge in [0.15, 0.2) is 0 Å². The molecule has 0 aliphatic heterocycles. The van der Waals surface area contributed by atoms with Crippen molar-refractivity contribution in [3.8, 4) is 0 Å². The fraction of sp³-hybridized carbons (Fsp3) is 0.200. The molecular formula is C20H20N2O2S. The van der Waals surface area contributed by atoms with Crippen LogP contribution in [0.3, 0.4) is 0 Å². The Kier molecular flexibility index (Phi) is 5.56. The van der Waals surface area contributed by atoms with E-state index < -0.39 is 0 Å². The summed E-state index contributed by atoms with van der Waals surface area (Å²) in [5, 5.41) is 3.90. The minimum atomic E-state index is 0.0145. The van der Waals surface area contributed by atoms with Crippen LogP contribution in [-0.4, -0.2) is 23.0 Å². The lowest BCUT2D eigenvalue weighted by molar-refractivity contribution is 0.0781. The molecule has 2 aromatic carbocycles. The first-order chi connectivity index (χ1) is 12.1. The highest BCUT2D eigenvalue weighted by Gasteiger charge is 2.16. The second-order valence-corrected chi connectivity index (χ2v) is 6.88. The first kappa shape index (κ1) is 17.3. The smallest absolute Gasteiger partial charge is 0.255 e. The van der Waals surface area contributed by atoms with Crippen molar-refractivity contribution in [1.29, 1.82) is 0 Å². The van der Waals surface area contributed by atoms with Gasteiger partial charge < -0.3 is 9.42 Å². The molecule has 0 aliphatic carbocycles. The molecule has 3 rings (SSSR count). The molecule has 4 nitrogen and oxygen atoms in total. The summed E-state index contributed by atoms with van der Waals surface area (Å²) in [6, 6.07) is 19.6. The van der Waals surface area contributed by atoms with E-state index in [0.717, 1.165) is 21.9 Å². The number of carbonyl (C=O) groups is 1. The number of hydrogen-bond acceptors (Lipinski definition) is 4. The number of aromatic nitrogens is 1. The molecule has 3 aromatic rings. The van der Waals surface area contributed by atoms with Crippen molar-refractivity contribution in [2.75, 3.05) is 7.05 Å². The molecule has 0 spiro atoms. The fourth-order valence-corrected chi connectivity index (χ4v) is 3.46. The normalized spacial score (nSPS) is 10.6. The first-order valence-corrected chi connectivity index (χ1v) is 9.05. The quantitative estimate of drug-likeness (QED) is 0.611. The van der Waals surface area contributed by atoms with E-state index in [2.05, 4.69) is 5.16 Å². The summed E-state index contributed by atoms with van der Waals surface area (Å²) in [4.78, 5) is 15.6. The van der Waals surface area contributed by atoms with Gasteiger partial charge in [-0.25, -0.2) is 0 Å². The van der Waals surface area contributed by atoms with Crippen molar-refractivity contribution < 1.29 is 9.32 Å². The molecule has 1 amide bonds. The monoisotopic (exact) mass is 352 g/mol. The van der Waals surface area contributed by atoms with Crippen LogP contribution < -0.4 is 0 Å². The zero-order valence-electron chi connectivity index (χ0n) is 14.3. The van der Waals surface area contributed by atoms with Gasteiger partial charge in [-0.2, -0.15) is 0 Å². The average Bonchev–Trinajstić information content (AvgIpc) is 3.06. The third-order valence-electron chi connectivity index (χ3n) is 3.77. The Labute approximate surface area is 151 Å². The minimum Gasteiger partial charge on any atom is -0.360 e. The summed E-state index contributed by atoms with van der Waals surface area (Å²) in [7, 11) is 1.83. The predicted molar refractivity (Wildman–Crippen MR) is 99.5 cm³/mol. The number of nitrogens with zero attached hydrogens (tertiary/aromatic N) is 2. The van der Waals surface area contributed by atoms with Gasteiger partial charge in [-0.05, 0) is 24.6 Å². The Morgan fingerprint density at radius 3 is 2.56 bits per heavy atom. The third-order valence-corrected chi connectivity index (χ3v) is 4.87. The summed E-state index contributed by atoms with van der Waals surface area (Å²) in [6.07, 6.45) is 0. The molecular weight excluding hydrogens is 332 g/mol. The van der Waals surface area contributed by atoms with Gasteiger partial charge in [-0.1, -0.05) is 47.6 Å². The number of hydrogen-bond donors (Lipinski definition) is 0. The molecule has 5 heteroatoms. The highest BCUT2D eigenvalue weighted by molar-refractivity contribution is 7.98. The van der Waals surface area contributed by atoms with Gasteiger partial charge >= 0.3 is 0 Å². The molecule has 1 aromatic heterocycles. The predicted octanol–water partition coefficient (Wildman–Crippen LogP) is 4.55. The molecule has 1 heterocycles. The van der Waals surface area contributed by atoms with Gasteiger partial charge in [0.05, 0.1) is 17.0 Å². The number of carbonyl (C=O) groups excluding carboxylic acids is 1. The average molecular weight is 352 g/mol. The maximum atomic E-state index is 12.9. The topological polar surface area (TPSA) is 46.3 Å². The maximum absolute atomic E-state index is 12.9. The molecule has 0 N–H and O–H groups in total. The number of benzene rings is 2. The van der Waals surface area contributed by atoms with E-state index in [1.165, 1.54) is 0 Å². The largest absolute Gasteiger partial charge is 0.360 e. The zero-order valence-corrected chi connectivity index (χ0v) is 15.1. The van der Waals surface area contributed by atoms with Gasteiger partial charge in [0, 0.05) is 24.6 Å². The van der Waals surface area contributed by atoms with Gasteiger partial charge in [0.2, 0.25) is 0 Å². The molecule has 0 saturated carbocycles. The Hall–Kier alpha value is -2.53. The highest BCUT2D eigenvalue weighted by Crippen LogP contribution is 2.27. The molecule has 0 aliphatic rings. The van der Waals surface area contributed by atoms with Crippen LogP contribution in [0.15, 0.2) is 70.1 Å². The van der Waals surface area contributed by atoms with E-state index >= 15 is 0 Å². The maximum Gasteiger partial charge on any atom is 0.255 e. The third kappa shape index (κ3) is 4.51. The van der Waals surface area contributed by atoms with E-state index in [0.29, 0.717) is 17.9 Å². The number of aryl methyl sites for hydroxylation is 1. The van der Waals surface area contributed by atoms with Crippen LogP contribution in [0.25, 0.3) is 0 Å². The minimum absolute atomic E-state index is 0.0145. The Balaban J connectivity index is 1.71. The van der Waals surface area contributed by atoms with E-state index in [4.69, 9.17) is 4.52 Å². The van der Waals surface area contributed by atoms with Gasteiger partial charge in [0.25, 0.3) is 5.91 Å². The molecule has 0 radical (unpaired) electrons. The van der Waals surface area contributed by atoms with Crippen molar-refractivity contribution in [2.45, 2.75) is 24.1 Å². The molecule has 0 atom stereocenters. The Morgan fingerprint density at radius 1 is 1.12 bits per heavy atom. The van der Waals surface area contributed by atoms with E-state index in [-0.39, 0.29) is 5.91 Å². The van der Waals surface area contributed by atoms with E-state index in [1.54, 1.807) is 16.7 Å². The summed E-state index contributed by atoms with van der Waals surface area (Å²) in [5.74, 6) is 1.47. The first-order valence-electron chi connectivity index (χ1n) is 8.07. The second-order valence-electron chi connectivity index (χ2n) is 5.87. The van der Waals surface area contributed by atoms with Crippen LogP contribution in [0.2, 0.25) is 0 Å². The summed E-state index contributed by atoms with van der Waals surface area (Å²) >= 11 is 1.58. The molecule has 0 fully saturated rings. The van der Waals surface area contributed by atoms with Crippen LogP contribution in [0, 0.1) is 6.92 Å². The van der Waals surface area contributed by atoms with Gasteiger partial charge in [-0.15, -0.1) is 11.8 Å². The van der Waals surface area contributed by atoms with Crippen molar-refractivity contribution in [1.82, 2.24) is 10.1 Å². The molecule has 0 bridgehead atoms. The van der Waals surface area contributed by atoms with Crippen molar-refractivity contribution >= 4 is 17.7 Å². The summed E-state index contributed by atoms with van der Waals surface area (Å²) in [5.41, 5.74) is 2.69. The van der Waals surface area contributed by atoms with Gasteiger partial charge in [0.1, 0.15) is 5.76 Å². The standard InChI is InChI=1S/C20H20N2O2S/c1-15-12-17(24-21-15)14-25-19-11-7-6-10-18(19)20(23)22(2)13-16-8-4-3-5-9-16/h3-12H,13-14H2,1-2H3.